The van der Waals surface area contributed by atoms with Crippen molar-refractivity contribution >= 4 is 22.6 Å². The second-order valence-electron chi connectivity index (χ2n) is 6.76. The monoisotopic (exact) mass is 366 g/mol. The number of carbonyl (C=O) groups excluding carboxylic acids is 1. The van der Waals surface area contributed by atoms with Gasteiger partial charge in [0, 0.05) is 17.3 Å². The van der Waals surface area contributed by atoms with E-state index in [1.54, 1.807) is 25.3 Å². The molecule has 3 N–H and O–H groups in total. The summed E-state index contributed by atoms with van der Waals surface area (Å²) < 4.78 is 5.49. The van der Waals surface area contributed by atoms with Crippen LogP contribution in [0, 0.1) is 0 Å². The average molecular weight is 366 g/mol. The molecule has 1 saturated heterocycles. The molecule has 2 aromatic carbocycles. The lowest BCUT2D eigenvalue weighted by Crippen LogP contribution is -2.33. The molecule has 1 fully saturated rings. The summed E-state index contributed by atoms with van der Waals surface area (Å²) in [7, 11) is 1.67. The number of benzene rings is 2. The highest BCUT2D eigenvalue weighted by Crippen LogP contribution is 2.36. The van der Waals surface area contributed by atoms with E-state index in [9.17, 15) is 9.59 Å². The topological polar surface area (TPSA) is 90.2 Å². The van der Waals surface area contributed by atoms with Gasteiger partial charge in [-0.05, 0) is 43.7 Å². The maximum atomic E-state index is 12.6. The second kappa shape index (κ2) is 7.28. The molecule has 1 aliphatic rings. The first-order valence-corrected chi connectivity index (χ1v) is 9.03. The van der Waals surface area contributed by atoms with Crippen molar-refractivity contribution < 1.29 is 9.53 Å². The van der Waals surface area contributed by atoms with Gasteiger partial charge in [-0.15, -0.1) is 0 Å². The second-order valence-corrected chi connectivity index (χ2v) is 6.76. The highest BCUT2D eigenvalue weighted by Gasteiger charge is 2.29. The largest absolute Gasteiger partial charge is 0.496 e. The van der Waals surface area contributed by atoms with Gasteiger partial charge in [0.25, 0.3) is 0 Å². The zero-order valence-electron chi connectivity index (χ0n) is 15.1. The van der Waals surface area contributed by atoms with Gasteiger partial charge in [0.2, 0.25) is 5.91 Å². The zero-order chi connectivity index (χ0) is 18.8. The molecular weight excluding hydrogens is 344 g/mol. The van der Waals surface area contributed by atoms with Gasteiger partial charge in [0.1, 0.15) is 5.75 Å². The van der Waals surface area contributed by atoms with Crippen LogP contribution in [-0.4, -0.2) is 41.0 Å². The van der Waals surface area contributed by atoms with Gasteiger partial charge < -0.3 is 20.0 Å². The first kappa shape index (κ1) is 17.4. The van der Waals surface area contributed by atoms with Crippen LogP contribution in [0.1, 0.15) is 24.4 Å². The predicted molar refractivity (Wildman–Crippen MR) is 104 cm³/mol. The molecule has 1 aromatic heterocycles. The van der Waals surface area contributed by atoms with Crippen LogP contribution in [0.15, 0.2) is 47.3 Å². The van der Waals surface area contributed by atoms with E-state index in [2.05, 4.69) is 26.3 Å². The number of likely N-dealkylation sites (tertiary alicyclic amines) is 1. The number of para-hydroxylation sites is 1. The molecule has 2 heterocycles. The van der Waals surface area contributed by atoms with E-state index >= 15 is 0 Å². The maximum Gasteiger partial charge on any atom is 0.323 e. The minimum atomic E-state index is -0.259. The number of anilines is 1. The maximum absolute atomic E-state index is 12.6. The van der Waals surface area contributed by atoms with Crippen LogP contribution >= 0.6 is 0 Å². The van der Waals surface area contributed by atoms with Gasteiger partial charge >= 0.3 is 5.69 Å². The summed E-state index contributed by atoms with van der Waals surface area (Å²) in [5.74, 6) is 0.783. The molecule has 1 atom stereocenters. The first-order valence-electron chi connectivity index (χ1n) is 9.03. The average Bonchev–Trinajstić information content (AvgIpc) is 3.26. The fourth-order valence-electron chi connectivity index (χ4n) is 3.80. The SMILES string of the molecule is COc1ccccc1C1CCCN1CC(=O)Nc1ccc2[nH]c(=O)[nH]c2c1. The van der Waals surface area contributed by atoms with Crippen molar-refractivity contribution in [3.05, 3.63) is 58.5 Å². The van der Waals surface area contributed by atoms with E-state index in [0.29, 0.717) is 23.3 Å². The van der Waals surface area contributed by atoms with Gasteiger partial charge in [-0.2, -0.15) is 0 Å². The lowest BCUT2D eigenvalue weighted by Gasteiger charge is -2.25. The fourth-order valence-corrected chi connectivity index (χ4v) is 3.80. The first-order chi connectivity index (χ1) is 13.1. The Labute approximate surface area is 156 Å². The molecule has 140 valence electrons. The molecule has 27 heavy (non-hydrogen) atoms. The number of nitrogens with one attached hydrogen (secondary N) is 3. The number of imidazole rings is 1. The summed E-state index contributed by atoms with van der Waals surface area (Å²) >= 11 is 0. The molecule has 0 saturated carbocycles. The highest BCUT2D eigenvalue weighted by molar-refractivity contribution is 5.94. The number of amides is 1. The van der Waals surface area contributed by atoms with Crippen molar-refractivity contribution in [3.8, 4) is 5.75 Å². The summed E-state index contributed by atoms with van der Waals surface area (Å²) in [5.41, 5.74) is 2.91. The van der Waals surface area contributed by atoms with E-state index in [4.69, 9.17) is 4.74 Å². The summed E-state index contributed by atoms with van der Waals surface area (Å²) in [5, 5.41) is 2.92. The molecule has 1 unspecified atom stereocenters. The molecule has 0 aliphatic carbocycles. The van der Waals surface area contributed by atoms with Crippen LogP contribution in [0.25, 0.3) is 11.0 Å². The van der Waals surface area contributed by atoms with Crippen molar-refractivity contribution in [1.82, 2.24) is 14.9 Å². The van der Waals surface area contributed by atoms with Crippen molar-refractivity contribution in [3.63, 3.8) is 0 Å². The van der Waals surface area contributed by atoms with E-state index < -0.39 is 0 Å². The van der Waals surface area contributed by atoms with Crippen molar-refractivity contribution in [2.24, 2.45) is 0 Å². The number of fused-ring (bicyclic) bond motifs is 1. The van der Waals surface area contributed by atoms with Gasteiger partial charge in [0.15, 0.2) is 0 Å². The minimum Gasteiger partial charge on any atom is -0.496 e. The Kier molecular flexibility index (Phi) is 4.68. The van der Waals surface area contributed by atoms with Crippen LogP contribution in [0.3, 0.4) is 0 Å². The Bertz CT molecular complexity index is 1020. The number of nitrogens with zero attached hydrogens (tertiary/aromatic N) is 1. The van der Waals surface area contributed by atoms with E-state index in [1.165, 1.54) is 0 Å². The molecule has 1 aliphatic heterocycles. The summed E-state index contributed by atoms with van der Waals surface area (Å²) in [4.78, 5) is 31.5. The smallest absolute Gasteiger partial charge is 0.323 e. The standard InChI is InChI=1S/C20H22N4O3/c1-27-18-7-3-2-5-14(18)17-6-4-10-24(17)12-19(25)21-13-8-9-15-16(11-13)23-20(26)22-15/h2-3,5,7-9,11,17H,4,6,10,12H2,1H3,(H,21,25)(H2,22,23,26). The molecule has 1 amide bonds. The number of aromatic nitrogens is 2. The number of rotatable bonds is 5. The molecule has 0 spiro atoms. The van der Waals surface area contributed by atoms with Crippen LogP contribution in [0.2, 0.25) is 0 Å². The molecule has 7 nitrogen and oxygen atoms in total. The fraction of sp³-hybridized carbons (Fsp3) is 0.300. The Balaban J connectivity index is 1.47. The Hall–Kier alpha value is -3.06. The summed E-state index contributed by atoms with van der Waals surface area (Å²) in [6, 6.07) is 13.5. The Morgan fingerprint density at radius 2 is 2.04 bits per heavy atom. The van der Waals surface area contributed by atoms with Crippen LogP contribution in [-0.2, 0) is 4.79 Å². The number of aromatic amines is 2. The van der Waals surface area contributed by atoms with Crippen LogP contribution in [0.5, 0.6) is 5.75 Å². The number of carbonyl (C=O) groups is 1. The van der Waals surface area contributed by atoms with Crippen LogP contribution in [0.4, 0.5) is 5.69 Å². The molecule has 3 aromatic rings. The summed E-state index contributed by atoms with van der Waals surface area (Å²) in [6.07, 6.45) is 2.05. The van der Waals surface area contributed by atoms with Crippen molar-refractivity contribution in [1.29, 1.82) is 0 Å². The number of methoxy groups -OCH3 is 1. The molecule has 0 radical (unpaired) electrons. The van der Waals surface area contributed by atoms with E-state index in [0.717, 1.165) is 30.7 Å². The van der Waals surface area contributed by atoms with Gasteiger partial charge in [-0.25, -0.2) is 4.79 Å². The molecule has 4 rings (SSSR count). The van der Waals surface area contributed by atoms with Crippen LogP contribution < -0.4 is 15.7 Å². The van der Waals surface area contributed by atoms with Crippen molar-refractivity contribution in [2.45, 2.75) is 18.9 Å². The molecule has 0 bridgehead atoms. The number of hydrogen-bond donors (Lipinski definition) is 3. The Morgan fingerprint density at radius 3 is 2.89 bits per heavy atom. The highest BCUT2D eigenvalue weighted by atomic mass is 16.5. The lowest BCUT2D eigenvalue weighted by molar-refractivity contribution is -0.117. The van der Waals surface area contributed by atoms with Gasteiger partial charge in [-0.1, -0.05) is 18.2 Å². The lowest BCUT2D eigenvalue weighted by atomic mass is 10.0. The number of hydrogen-bond acceptors (Lipinski definition) is 4. The normalized spacial score (nSPS) is 17.3. The van der Waals surface area contributed by atoms with E-state index in [-0.39, 0.29) is 17.6 Å². The third-order valence-electron chi connectivity index (χ3n) is 5.01. The quantitative estimate of drug-likeness (QED) is 0.647. The predicted octanol–water partition coefficient (Wildman–Crippen LogP) is 2.64. The number of ether oxygens (including phenoxy) is 1. The molecular formula is C20H22N4O3. The number of H-pyrrole nitrogens is 2. The third kappa shape index (κ3) is 3.59. The third-order valence-corrected chi connectivity index (χ3v) is 5.01. The van der Waals surface area contributed by atoms with E-state index in [1.807, 2.05) is 18.2 Å². The molecule has 7 heteroatoms. The van der Waals surface area contributed by atoms with Gasteiger partial charge in [-0.3, -0.25) is 9.69 Å². The minimum absolute atomic E-state index is 0.0750. The Morgan fingerprint density at radius 1 is 1.22 bits per heavy atom. The van der Waals surface area contributed by atoms with Gasteiger partial charge in [0.05, 0.1) is 24.7 Å². The zero-order valence-corrected chi connectivity index (χ0v) is 15.1. The summed E-state index contributed by atoms with van der Waals surface area (Å²) in [6.45, 7) is 1.19. The van der Waals surface area contributed by atoms with Crippen molar-refractivity contribution in [2.75, 3.05) is 25.5 Å².